The second-order valence-electron chi connectivity index (χ2n) is 5.21. The van der Waals surface area contributed by atoms with Gasteiger partial charge in [-0.25, -0.2) is 8.42 Å². The second-order valence-corrected chi connectivity index (χ2v) is 7.61. The number of aliphatic hydroxyl groups is 1. The number of sulfone groups is 1. The Hall–Kier alpha value is -0.910. The maximum absolute atomic E-state index is 11.6. The van der Waals surface area contributed by atoms with Gasteiger partial charge >= 0.3 is 0 Å². The maximum Gasteiger partial charge on any atom is 0.151 e. The van der Waals surface area contributed by atoms with E-state index in [-0.39, 0.29) is 23.6 Å². The van der Waals surface area contributed by atoms with Crippen molar-refractivity contribution in [3.63, 3.8) is 0 Å². The van der Waals surface area contributed by atoms with Gasteiger partial charge in [-0.1, -0.05) is 31.2 Å². The van der Waals surface area contributed by atoms with Gasteiger partial charge in [0, 0.05) is 18.2 Å². The summed E-state index contributed by atoms with van der Waals surface area (Å²) in [4.78, 5) is 0. The van der Waals surface area contributed by atoms with Crippen LogP contribution in [-0.4, -0.2) is 37.2 Å². The Morgan fingerprint density at radius 3 is 2.79 bits per heavy atom. The minimum Gasteiger partial charge on any atom is -0.391 e. The molecular weight excluding hydrogens is 262 g/mol. The maximum atomic E-state index is 11.6. The molecule has 1 unspecified atom stereocenters. The normalized spacial score (nSPS) is 24.2. The SMILES string of the molecule is CCS(=O)(=O)CC(C)N[C@@H]1c2ccccc2C[C@@H]1O. The lowest BCUT2D eigenvalue weighted by molar-refractivity contribution is 0.137. The molecule has 2 N–H and O–H groups in total. The number of benzene rings is 1. The first-order chi connectivity index (χ1) is 8.93. The van der Waals surface area contributed by atoms with Gasteiger partial charge in [0.2, 0.25) is 0 Å². The van der Waals surface area contributed by atoms with Crippen LogP contribution in [0.3, 0.4) is 0 Å². The van der Waals surface area contributed by atoms with Crippen molar-refractivity contribution in [2.75, 3.05) is 11.5 Å². The van der Waals surface area contributed by atoms with Gasteiger partial charge in [0.15, 0.2) is 9.84 Å². The lowest BCUT2D eigenvalue weighted by Crippen LogP contribution is -2.39. The van der Waals surface area contributed by atoms with Crippen LogP contribution in [0.1, 0.15) is 31.0 Å². The fourth-order valence-electron chi connectivity index (χ4n) is 2.63. The van der Waals surface area contributed by atoms with Crippen molar-refractivity contribution in [2.45, 2.75) is 38.5 Å². The van der Waals surface area contributed by atoms with E-state index >= 15 is 0 Å². The molecule has 0 saturated carbocycles. The molecule has 3 atom stereocenters. The molecule has 0 fully saturated rings. The fraction of sp³-hybridized carbons (Fsp3) is 0.571. The van der Waals surface area contributed by atoms with Crippen molar-refractivity contribution in [3.05, 3.63) is 35.4 Å². The van der Waals surface area contributed by atoms with Crippen LogP contribution in [0.15, 0.2) is 24.3 Å². The van der Waals surface area contributed by atoms with Gasteiger partial charge in [0.05, 0.1) is 17.9 Å². The van der Waals surface area contributed by atoms with E-state index in [1.165, 1.54) is 0 Å². The van der Waals surface area contributed by atoms with E-state index in [2.05, 4.69) is 5.32 Å². The molecular formula is C14H21NO3S. The molecule has 19 heavy (non-hydrogen) atoms. The Kier molecular flexibility index (Phi) is 4.28. The Labute approximate surface area is 114 Å². The summed E-state index contributed by atoms with van der Waals surface area (Å²) >= 11 is 0. The third-order valence-electron chi connectivity index (χ3n) is 3.61. The van der Waals surface area contributed by atoms with Crippen molar-refractivity contribution < 1.29 is 13.5 Å². The number of rotatable bonds is 5. The summed E-state index contributed by atoms with van der Waals surface area (Å²) < 4.78 is 23.2. The van der Waals surface area contributed by atoms with Gasteiger partial charge in [0.1, 0.15) is 0 Å². The molecule has 2 rings (SSSR count). The zero-order valence-corrected chi connectivity index (χ0v) is 12.2. The summed E-state index contributed by atoms with van der Waals surface area (Å²) in [6, 6.07) is 7.56. The third-order valence-corrected chi connectivity index (χ3v) is 5.50. The summed E-state index contributed by atoms with van der Waals surface area (Å²) in [5.41, 5.74) is 2.22. The highest BCUT2D eigenvalue weighted by Gasteiger charge is 2.31. The predicted molar refractivity (Wildman–Crippen MR) is 75.8 cm³/mol. The van der Waals surface area contributed by atoms with Gasteiger partial charge in [0.25, 0.3) is 0 Å². The smallest absolute Gasteiger partial charge is 0.151 e. The quantitative estimate of drug-likeness (QED) is 0.848. The molecule has 0 heterocycles. The van der Waals surface area contributed by atoms with Crippen molar-refractivity contribution >= 4 is 9.84 Å². The highest BCUT2D eigenvalue weighted by Crippen LogP contribution is 2.31. The monoisotopic (exact) mass is 283 g/mol. The van der Waals surface area contributed by atoms with Crippen molar-refractivity contribution in [2.24, 2.45) is 0 Å². The molecule has 1 aliphatic rings. The summed E-state index contributed by atoms with van der Waals surface area (Å²) in [5.74, 6) is 0.262. The first kappa shape index (κ1) is 14.5. The number of nitrogens with one attached hydrogen (secondary N) is 1. The van der Waals surface area contributed by atoms with Gasteiger partial charge in [-0.15, -0.1) is 0 Å². The molecule has 0 amide bonds. The Bertz CT molecular complexity index is 541. The Morgan fingerprint density at radius 2 is 2.11 bits per heavy atom. The first-order valence-corrected chi connectivity index (χ1v) is 8.47. The lowest BCUT2D eigenvalue weighted by atomic mass is 10.1. The van der Waals surface area contributed by atoms with E-state index in [9.17, 15) is 13.5 Å². The highest BCUT2D eigenvalue weighted by molar-refractivity contribution is 7.91. The number of fused-ring (bicyclic) bond motifs is 1. The fourth-order valence-corrected chi connectivity index (χ4v) is 3.72. The largest absolute Gasteiger partial charge is 0.391 e. The van der Waals surface area contributed by atoms with Crippen LogP contribution in [0.2, 0.25) is 0 Å². The van der Waals surface area contributed by atoms with Gasteiger partial charge in [-0.05, 0) is 18.1 Å². The molecule has 1 aromatic carbocycles. The molecule has 0 aliphatic heterocycles. The van der Waals surface area contributed by atoms with Crippen LogP contribution in [0.25, 0.3) is 0 Å². The average molecular weight is 283 g/mol. The number of hydrogen-bond donors (Lipinski definition) is 2. The van der Waals surface area contributed by atoms with Crippen LogP contribution in [-0.2, 0) is 16.3 Å². The van der Waals surface area contributed by atoms with Gasteiger partial charge < -0.3 is 10.4 Å². The van der Waals surface area contributed by atoms with Crippen LogP contribution < -0.4 is 5.32 Å². The van der Waals surface area contributed by atoms with Crippen LogP contribution in [0.5, 0.6) is 0 Å². The van der Waals surface area contributed by atoms with E-state index in [0.717, 1.165) is 11.1 Å². The molecule has 0 aromatic heterocycles. The van der Waals surface area contributed by atoms with E-state index in [0.29, 0.717) is 6.42 Å². The summed E-state index contributed by atoms with van der Waals surface area (Å²) in [6.45, 7) is 3.50. The van der Waals surface area contributed by atoms with Crippen LogP contribution in [0.4, 0.5) is 0 Å². The first-order valence-electron chi connectivity index (χ1n) is 6.65. The molecule has 106 valence electrons. The molecule has 0 spiro atoms. The predicted octanol–water partition coefficient (Wildman–Crippen LogP) is 1.06. The Morgan fingerprint density at radius 1 is 1.42 bits per heavy atom. The van der Waals surface area contributed by atoms with E-state index in [4.69, 9.17) is 0 Å². The Balaban J connectivity index is 2.07. The summed E-state index contributed by atoms with van der Waals surface area (Å²) in [5, 5.41) is 13.3. The molecule has 5 heteroatoms. The lowest BCUT2D eigenvalue weighted by Gasteiger charge is -2.23. The minimum atomic E-state index is -3.00. The van der Waals surface area contributed by atoms with Crippen molar-refractivity contribution in [3.8, 4) is 0 Å². The molecule has 0 radical (unpaired) electrons. The number of hydrogen-bond acceptors (Lipinski definition) is 4. The molecule has 0 bridgehead atoms. The molecule has 1 aliphatic carbocycles. The standard InChI is InChI=1S/C14H21NO3S/c1-3-19(17,18)9-10(2)15-14-12-7-5-4-6-11(12)8-13(14)16/h4-7,10,13-16H,3,8-9H2,1-2H3/t10?,13-,14+/m0/s1. The minimum absolute atomic E-state index is 0.106. The topological polar surface area (TPSA) is 66.4 Å². The van der Waals surface area contributed by atoms with E-state index in [1.54, 1.807) is 6.92 Å². The van der Waals surface area contributed by atoms with Crippen LogP contribution in [0, 0.1) is 0 Å². The zero-order chi connectivity index (χ0) is 14.0. The molecule has 4 nitrogen and oxygen atoms in total. The van der Waals surface area contributed by atoms with Crippen molar-refractivity contribution in [1.29, 1.82) is 0 Å². The average Bonchev–Trinajstić information content (AvgIpc) is 2.66. The second kappa shape index (κ2) is 5.61. The van der Waals surface area contributed by atoms with Crippen molar-refractivity contribution in [1.82, 2.24) is 5.32 Å². The summed E-state index contributed by atoms with van der Waals surface area (Å²) in [7, 11) is -3.00. The van der Waals surface area contributed by atoms with Crippen LogP contribution >= 0.6 is 0 Å². The van der Waals surface area contributed by atoms with Gasteiger partial charge in [-0.3, -0.25) is 0 Å². The summed E-state index contributed by atoms with van der Waals surface area (Å²) in [6.07, 6.45) is 0.144. The number of aliphatic hydroxyl groups excluding tert-OH is 1. The third kappa shape index (κ3) is 3.35. The molecule has 1 aromatic rings. The van der Waals surface area contributed by atoms with Gasteiger partial charge in [-0.2, -0.15) is 0 Å². The highest BCUT2D eigenvalue weighted by atomic mass is 32.2. The zero-order valence-electron chi connectivity index (χ0n) is 11.3. The van der Waals surface area contributed by atoms with E-state index in [1.807, 2.05) is 31.2 Å². The molecule has 0 saturated heterocycles. The van der Waals surface area contributed by atoms with E-state index < -0.39 is 15.9 Å².